The summed E-state index contributed by atoms with van der Waals surface area (Å²) in [6.45, 7) is 9.21. The third-order valence-corrected chi connectivity index (χ3v) is 7.25. The zero-order valence-corrected chi connectivity index (χ0v) is 23.2. The SMILES string of the molecule is CCOC(=O)C1=C(CN2CCCN(C(=O)c3ccc(C)cc3)CC2)N(CC)C(=O)NC1c1ccccc1OC. The van der Waals surface area contributed by atoms with Crippen LogP contribution < -0.4 is 10.1 Å². The number of rotatable bonds is 8. The highest BCUT2D eigenvalue weighted by molar-refractivity contribution is 5.95. The highest BCUT2D eigenvalue weighted by Gasteiger charge is 2.39. The fraction of sp³-hybridized carbons (Fsp3) is 0.433. The number of hydrogen-bond acceptors (Lipinski definition) is 6. The number of aryl methyl sites for hydroxylation is 1. The van der Waals surface area contributed by atoms with Crippen molar-refractivity contribution < 1.29 is 23.9 Å². The van der Waals surface area contributed by atoms with Crippen molar-refractivity contribution in [3.05, 3.63) is 76.5 Å². The van der Waals surface area contributed by atoms with Crippen LogP contribution in [0.25, 0.3) is 0 Å². The van der Waals surface area contributed by atoms with Gasteiger partial charge < -0.3 is 19.7 Å². The summed E-state index contributed by atoms with van der Waals surface area (Å²) in [6, 6.07) is 14.0. The van der Waals surface area contributed by atoms with E-state index in [4.69, 9.17) is 9.47 Å². The molecule has 2 aliphatic rings. The van der Waals surface area contributed by atoms with Crippen molar-refractivity contribution in [2.24, 2.45) is 0 Å². The number of benzene rings is 2. The molecule has 0 radical (unpaired) electrons. The number of hydrogen-bond donors (Lipinski definition) is 1. The zero-order valence-electron chi connectivity index (χ0n) is 23.2. The largest absolute Gasteiger partial charge is 0.496 e. The van der Waals surface area contributed by atoms with E-state index in [2.05, 4.69) is 10.2 Å². The van der Waals surface area contributed by atoms with Gasteiger partial charge in [0.05, 0.1) is 25.3 Å². The van der Waals surface area contributed by atoms with E-state index < -0.39 is 12.0 Å². The van der Waals surface area contributed by atoms with Crippen molar-refractivity contribution in [2.75, 3.05) is 53.0 Å². The Bertz CT molecular complexity index is 1230. The van der Waals surface area contributed by atoms with Gasteiger partial charge in [-0.2, -0.15) is 0 Å². The Morgan fingerprint density at radius 1 is 1.00 bits per heavy atom. The minimum atomic E-state index is -0.711. The second kappa shape index (κ2) is 12.8. The van der Waals surface area contributed by atoms with Crippen LogP contribution in [-0.4, -0.2) is 85.6 Å². The first-order chi connectivity index (χ1) is 18.9. The summed E-state index contributed by atoms with van der Waals surface area (Å²) in [5, 5.41) is 3.00. The van der Waals surface area contributed by atoms with Crippen LogP contribution in [-0.2, 0) is 9.53 Å². The molecule has 0 aromatic heterocycles. The van der Waals surface area contributed by atoms with Gasteiger partial charge >= 0.3 is 12.0 Å². The van der Waals surface area contributed by atoms with Crippen LogP contribution in [0.3, 0.4) is 0 Å². The van der Waals surface area contributed by atoms with Crippen molar-refractivity contribution in [1.82, 2.24) is 20.0 Å². The molecule has 1 unspecified atom stereocenters. The lowest BCUT2D eigenvalue weighted by Crippen LogP contribution is -2.51. The van der Waals surface area contributed by atoms with Gasteiger partial charge in [-0.05, 0) is 45.4 Å². The fourth-order valence-corrected chi connectivity index (χ4v) is 5.22. The summed E-state index contributed by atoms with van der Waals surface area (Å²) in [5.41, 5.74) is 3.51. The van der Waals surface area contributed by atoms with Crippen molar-refractivity contribution in [3.8, 4) is 5.75 Å². The van der Waals surface area contributed by atoms with Gasteiger partial charge in [0.1, 0.15) is 5.75 Å². The molecule has 0 bridgehead atoms. The number of esters is 1. The van der Waals surface area contributed by atoms with Gasteiger partial charge in [-0.1, -0.05) is 35.9 Å². The molecule has 1 N–H and O–H groups in total. The van der Waals surface area contributed by atoms with Crippen molar-refractivity contribution in [2.45, 2.75) is 33.2 Å². The van der Waals surface area contributed by atoms with Crippen LogP contribution in [0.15, 0.2) is 59.8 Å². The first kappa shape index (κ1) is 28.2. The highest BCUT2D eigenvalue weighted by Crippen LogP contribution is 2.36. The molecule has 2 heterocycles. The van der Waals surface area contributed by atoms with E-state index in [-0.39, 0.29) is 18.5 Å². The first-order valence-electron chi connectivity index (χ1n) is 13.6. The number of para-hydroxylation sites is 1. The summed E-state index contributed by atoms with van der Waals surface area (Å²) in [5.74, 6) is 0.133. The number of likely N-dealkylation sites (N-methyl/N-ethyl adjacent to an activating group) is 1. The Balaban J connectivity index is 1.64. The van der Waals surface area contributed by atoms with Crippen LogP contribution >= 0.6 is 0 Å². The second-order valence-electron chi connectivity index (χ2n) is 9.74. The molecule has 4 rings (SSSR count). The van der Waals surface area contributed by atoms with Crippen LogP contribution in [0.5, 0.6) is 5.75 Å². The van der Waals surface area contributed by atoms with Crippen LogP contribution in [0.1, 0.15) is 47.8 Å². The van der Waals surface area contributed by atoms with Gasteiger partial charge in [-0.25, -0.2) is 9.59 Å². The molecule has 1 atom stereocenters. The molecule has 0 aliphatic carbocycles. The molecule has 0 saturated carbocycles. The number of carbonyl (C=O) groups excluding carboxylic acids is 3. The van der Waals surface area contributed by atoms with E-state index in [0.29, 0.717) is 60.9 Å². The Labute approximate surface area is 230 Å². The fourth-order valence-electron chi connectivity index (χ4n) is 5.22. The average Bonchev–Trinajstić information content (AvgIpc) is 3.18. The Morgan fingerprint density at radius 3 is 2.44 bits per heavy atom. The van der Waals surface area contributed by atoms with Crippen molar-refractivity contribution >= 4 is 17.9 Å². The molecule has 0 spiro atoms. The third-order valence-electron chi connectivity index (χ3n) is 7.25. The van der Waals surface area contributed by atoms with Crippen LogP contribution in [0.2, 0.25) is 0 Å². The Kier molecular flexibility index (Phi) is 9.24. The minimum absolute atomic E-state index is 0.0201. The van der Waals surface area contributed by atoms with Crippen molar-refractivity contribution in [3.63, 3.8) is 0 Å². The molecule has 2 aromatic carbocycles. The number of amides is 3. The maximum atomic E-state index is 13.4. The number of urea groups is 1. The van der Waals surface area contributed by atoms with Gasteiger partial charge in [0, 0.05) is 56.1 Å². The molecule has 1 fully saturated rings. The standard InChI is InChI=1S/C30H38N4O5/c1-5-34-24(20-32-16-9-17-33(19-18-32)28(35)22-14-12-21(3)13-15-22)26(29(36)39-6-2)27(31-30(34)37)23-10-7-8-11-25(23)38-4/h7-8,10-15,27H,5-6,9,16-20H2,1-4H3,(H,31,37). The van der Waals surface area contributed by atoms with Gasteiger partial charge in [-0.3, -0.25) is 14.6 Å². The normalized spacial score (nSPS) is 18.5. The van der Waals surface area contributed by atoms with E-state index in [9.17, 15) is 14.4 Å². The molecule has 39 heavy (non-hydrogen) atoms. The highest BCUT2D eigenvalue weighted by atomic mass is 16.5. The maximum absolute atomic E-state index is 13.4. The number of carbonyl (C=O) groups is 3. The average molecular weight is 535 g/mol. The van der Waals surface area contributed by atoms with E-state index in [1.165, 1.54) is 0 Å². The lowest BCUT2D eigenvalue weighted by molar-refractivity contribution is -0.139. The quantitative estimate of drug-likeness (QED) is 0.519. The molecule has 2 aromatic rings. The van der Waals surface area contributed by atoms with Gasteiger partial charge in [0.2, 0.25) is 0 Å². The van der Waals surface area contributed by atoms with Crippen LogP contribution in [0.4, 0.5) is 4.79 Å². The molecular weight excluding hydrogens is 496 g/mol. The lowest BCUT2D eigenvalue weighted by atomic mass is 9.93. The summed E-state index contributed by atoms with van der Waals surface area (Å²) in [4.78, 5) is 45.6. The topological polar surface area (TPSA) is 91.4 Å². The number of nitrogens with one attached hydrogen (secondary N) is 1. The maximum Gasteiger partial charge on any atom is 0.338 e. The number of nitrogens with zero attached hydrogens (tertiary/aromatic N) is 3. The van der Waals surface area contributed by atoms with E-state index in [1.807, 2.05) is 67.3 Å². The predicted octanol–water partition coefficient (Wildman–Crippen LogP) is 3.76. The zero-order chi connectivity index (χ0) is 27.9. The van der Waals surface area contributed by atoms with Crippen LogP contribution in [0, 0.1) is 6.92 Å². The van der Waals surface area contributed by atoms with E-state index >= 15 is 0 Å². The third kappa shape index (κ3) is 6.25. The van der Waals surface area contributed by atoms with Gasteiger partial charge in [-0.15, -0.1) is 0 Å². The summed E-state index contributed by atoms with van der Waals surface area (Å²) in [7, 11) is 1.57. The monoisotopic (exact) mass is 534 g/mol. The smallest absolute Gasteiger partial charge is 0.338 e. The van der Waals surface area contributed by atoms with E-state index in [1.54, 1.807) is 18.9 Å². The molecular formula is C30H38N4O5. The number of methoxy groups -OCH3 is 1. The van der Waals surface area contributed by atoms with Gasteiger partial charge in [0.25, 0.3) is 5.91 Å². The Morgan fingerprint density at radius 2 is 1.74 bits per heavy atom. The minimum Gasteiger partial charge on any atom is -0.496 e. The molecule has 1 saturated heterocycles. The molecule has 9 heteroatoms. The second-order valence-corrected chi connectivity index (χ2v) is 9.74. The molecule has 3 amide bonds. The van der Waals surface area contributed by atoms with Crippen molar-refractivity contribution in [1.29, 1.82) is 0 Å². The predicted molar refractivity (Wildman–Crippen MR) is 148 cm³/mol. The first-order valence-corrected chi connectivity index (χ1v) is 13.6. The summed E-state index contributed by atoms with van der Waals surface area (Å²) < 4.78 is 11.1. The number of ether oxygens (including phenoxy) is 2. The molecule has 208 valence electrons. The lowest BCUT2D eigenvalue weighted by Gasteiger charge is -2.38. The molecule has 9 nitrogen and oxygen atoms in total. The summed E-state index contributed by atoms with van der Waals surface area (Å²) >= 11 is 0. The molecule has 2 aliphatic heterocycles. The summed E-state index contributed by atoms with van der Waals surface area (Å²) in [6.07, 6.45) is 0.786. The van der Waals surface area contributed by atoms with Gasteiger partial charge in [0.15, 0.2) is 0 Å². The Hall–Kier alpha value is -3.85. The van der Waals surface area contributed by atoms with E-state index in [0.717, 1.165) is 18.5 Å².